The summed E-state index contributed by atoms with van der Waals surface area (Å²) in [5.74, 6) is 1.65. The van der Waals surface area contributed by atoms with Crippen LogP contribution in [0.25, 0.3) is 0 Å². The molecule has 2 aliphatic rings. The molecule has 0 spiro atoms. The van der Waals surface area contributed by atoms with Crippen molar-refractivity contribution < 1.29 is 9.53 Å². The summed E-state index contributed by atoms with van der Waals surface area (Å²) >= 11 is 0. The minimum absolute atomic E-state index is 0.0527. The largest absolute Gasteiger partial charge is 0.494 e. The third kappa shape index (κ3) is 2.71. The molecule has 25 heavy (non-hydrogen) atoms. The van der Waals surface area contributed by atoms with Crippen molar-refractivity contribution in [2.75, 3.05) is 11.9 Å². The Morgan fingerprint density at radius 1 is 1.36 bits per heavy atom. The van der Waals surface area contributed by atoms with E-state index >= 15 is 0 Å². The van der Waals surface area contributed by atoms with Gasteiger partial charge in [0.15, 0.2) is 5.78 Å². The molecule has 130 valence electrons. The molecule has 1 aliphatic heterocycles. The van der Waals surface area contributed by atoms with Gasteiger partial charge in [-0.15, -0.1) is 0 Å². The number of aromatic nitrogens is 3. The summed E-state index contributed by atoms with van der Waals surface area (Å²) in [5, 5.41) is 7.69. The molecule has 2 aromatic rings. The Morgan fingerprint density at radius 2 is 2.20 bits per heavy atom. The van der Waals surface area contributed by atoms with Crippen LogP contribution >= 0.6 is 0 Å². The van der Waals surface area contributed by atoms with E-state index in [0.29, 0.717) is 19.0 Å². The normalized spacial score (nSPS) is 21.4. The highest BCUT2D eigenvalue weighted by molar-refractivity contribution is 6.00. The van der Waals surface area contributed by atoms with Crippen molar-refractivity contribution in [3.63, 3.8) is 0 Å². The summed E-state index contributed by atoms with van der Waals surface area (Å²) in [6, 6.07) is 7.62. The van der Waals surface area contributed by atoms with E-state index in [-0.39, 0.29) is 17.2 Å². The number of fused-ring (bicyclic) bond motifs is 1. The second kappa shape index (κ2) is 5.72. The van der Waals surface area contributed by atoms with E-state index in [0.717, 1.165) is 29.0 Å². The standard InChI is InChI=1S/C19H22N4O2/c1-4-25-13-7-5-6-12(8-13)17-16-14(9-19(2,3)10-15(16)24)22-18-20-11-21-23(17)18/h5-8,11,17H,4,9-10H2,1-3H3,(H,20,21,22). The van der Waals surface area contributed by atoms with Gasteiger partial charge < -0.3 is 10.1 Å². The Kier molecular flexibility index (Phi) is 3.63. The number of nitrogens with one attached hydrogen (secondary N) is 1. The first-order chi connectivity index (χ1) is 12.0. The van der Waals surface area contributed by atoms with Gasteiger partial charge in [-0.05, 0) is 36.5 Å². The van der Waals surface area contributed by atoms with Crippen molar-refractivity contribution in [1.29, 1.82) is 0 Å². The molecule has 0 radical (unpaired) electrons. The Hall–Kier alpha value is -2.63. The van der Waals surface area contributed by atoms with Crippen molar-refractivity contribution in [3.8, 4) is 5.75 Å². The van der Waals surface area contributed by atoms with Gasteiger partial charge in [0.1, 0.15) is 18.1 Å². The molecular formula is C19H22N4O2. The maximum atomic E-state index is 13.0. The van der Waals surface area contributed by atoms with Crippen LogP contribution in [-0.4, -0.2) is 27.2 Å². The van der Waals surface area contributed by atoms with Gasteiger partial charge in [-0.25, -0.2) is 4.68 Å². The molecule has 1 unspecified atom stereocenters. The average molecular weight is 338 g/mol. The smallest absolute Gasteiger partial charge is 0.226 e. The lowest BCUT2D eigenvalue weighted by Crippen LogP contribution is -2.36. The van der Waals surface area contributed by atoms with Crippen LogP contribution in [0.5, 0.6) is 5.75 Å². The van der Waals surface area contributed by atoms with Gasteiger partial charge in [0.2, 0.25) is 5.95 Å². The molecular weight excluding hydrogens is 316 g/mol. The second-order valence-corrected chi connectivity index (χ2v) is 7.39. The molecule has 1 aromatic carbocycles. The number of ketones is 1. The lowest BCUT2D eigenvalue weighted by molar-refractivity contribution is -0.118. The van der Waals surface area contributed by atoms with Crippen molar-refractivity contribution >= 4 is 11.7 Å². The molecule has 0 saturated heterocycles. The molecule has 6 heteroatoms. The van der Waals surface area contributed by atoms with Gasteiger partial charge in [0, 0.05) is 17.7 Å². The summed E-state index contributed by atoms with van der Waals surface area (Å²) in [7, 11) is 0. The summed E-state index contributed by atoms with van der Waals surface area (Å²) in [6.45, 7) is 6.81. The first-order valence-corrected chi connectivity index (χ1v) is 8.64. The van der Waals surface area contributed by atoms with Crippen LogP contribution in [-0.2, 0) is 4.79 Å². The fraction of sp³-hybridized carbons (Fsp3) is 0.421. The van der Waals surface area contributed by atoms with E-state index in [9.17, 15) is 4.79 Å². The van der Waals surface area contributed by atoms with Crippen molar-refractivity contribution in [1.82, 2.24) is 14.8 Å². The van der Waals surface area contributed by atoms with E-state index in [1.165, 1.54) is 6.33 Å². The number of hydrogen-bond donors (Lipinski definition) is 1. The summed E-state index contributed by atoms with van der Waals surface area (Å²) in [4.78, 5) is 17.3. The summed E-state index contributed by atoms with van der Waals surface area (Å²) in [6.07, 6.45) is 2.89. The van der Waals surface area contributed by atoms with Gasteiger partial charge in [0.05, 0.1) is 6.61 Å². The zero-order chi connectivity index (χ0) is 17.6. The Balaban J connectivity index is 1.86. The Bertz CT molecular complexity index is 866. The molecule has 1 aliphatic carbocycles. The topological polar surface area (TPSA) is 69.0 Å². The number of benzene rings is 1. The van der Waals surface area contributed by atoms with E-state index < -0.39 is 0 Å². The third-order valence-corrected chi connectivity index (χ3v) is 4.76. The highest BCUT2D eigenvalue weighted by atomic mass is 16.5. The fourth-order valence-corrected chi connectivity index (χ4v) is 3.80. The number of anilines is 1. The number of ether oxygens (including phenoxy) is 1. The van der Waals surface area contributed by atoms with Crippen molar-refractivity contribution in [2.24, 2.45) is 5.41 Å². The molecule has 0 saturated carbocycles. The molecule has 1 aromatic heterocycles. The van der Waals surface area contributed by atoms with Crippen LogP contribution in [0, 0.1) is 5.41 Å². The Labute approximate surface area is 146 Å². The van der Waals surface area contributed by atoms with Crippen LogP contribution in [0.1, 0.15) is 45.2 Å². The van der Waals surface area contributed by atoms with Gasteiger partial charge in [-0.1, -0.05) is 26.0 Å². The number of carbonyl (C=O) groups excluding carboxylic acids is 1. The number of allylic oxidation sites excluding steroid dienone is 2. The van der Waals surface area contributed by atoms with Crippen molar-refractivity contribution in [2.45, 2.75) is 39.7 Å². The van der Waals surface area contributed by atoms with Crippen LogP contribution in [0.2, 0.25) is 0 Å². The molecule has 6 nitrogen and oxygen atoms in total. The summed E-state index contributed by atoms with van der Waals surface area (Å²) in [5.41, 5.74) is 2.70. The predicted octanol–water partition coefficient (Wildman–Crippen LogP) is 3.33. The van der Waals surface area contributed by atoms with Gasteiger partial charge in [0.25, 0.3) is 0 Å². The SMILES string of the molecule is CCOc1cccc(C2C3=C(CC(C)(C)CC3=O)Nc3ncnn32)c1. The van der Waals surface area contributed by atoms with Crippen LogP contribution in [0.3, 0.4) is 0 Å². The van der Waals surface area contributed by atoms with Gasteiger partial charge in [-0.3, -0.25) is 4.79 Å². The molecule has 1 atom stereocenters. The Morgan fingerprint density at radius 3 is 3.00 bits per heavy atom. The predicted molar refractivity (Wildman–Crippen MR) is 94.4 cm³/mol. The number of rotatable bonds is 3. The zero-order valence-corrected chi connectivity index (χ0v) is 14.7. The fourth-order valence-electron chi connectivity index (χ4n) is 3.80. The number of Topliss-reactive ketones (excluding diaryl/α,β-unsaturated/α-hetero) is 1. The molecule has 0 amide bonds. The highest BCUT2D eigenvalue weighted by Crippen LogP contribution is 2.45. The maximum Gasteiger partial charge on any atom is 0.226 e. The van der Waals surface area contributed by atoms with E-state index in [2.05, 4.69) is 29.2 Å². The second-order valence-electron chi connectivity index (χ2n) is 7.39. The quantitative estimate of drug-likeness (QED) is 0.929. The molecule has 0 bridgehead atoms. The lowest BCUT2D eigenvalue weighted by Gasteiger charge is -2.38. The molecule has 4 rings (SSSR count). The van der Waals surface area contributed by atoms with Crippen LogP contribution < -0.4 is 10.1 Å². The minimum atomic E-state index is -0.266. The first-order valence-electron chi connectivity index (χ1n) is 8.64. The molecule has 1 N–H and O–H groups in total. The molecule has 2 heterocycles. The number of nitrogens with zero attached hydrogens (tertiary/aromatic N) is 3. The van der Waals surface area contributed by atoms with Crippen LogP contribution in [0.4, 0.5) is 5.95 Å². The monoisotopic (exact) mass is 338 g/mol. The zero-order valence-electron chi connectivity index (χ0n) is 14.7. The maximum absolute atomic E-state index is 13.0. The van der Waals surface area contributed by atoms with Crippen LogP contribution in [0.15, 0.2) is 41.9 Å². The lowest BCUT2D eigenvalue weighted by atomic mass is 9.73. The van der Waals surface area contributed by atoms with E-state index in [4.69, 9.17) is 4.74 Å². The number of carbonyl (C=O) groups is 1. The molecule has 0 fully saturated rings. The van der Waals surface area contributed by atoms with E-state index in [1.807, 2.05) is 31.2 Å². The average Bonchev–Trinajstić information content (AvgIpc) is 3.00. The summed E-state index contributed by atoms with van der Waals surface area (Å²) < 4.78 is 7.43. The van der Waals surface area contributed by atoms with Gasteiger partial charge >= 0.3 is 0 Å². The minimum Gasteiger partial charge on any atom is -0.494 e. The highest BCUT2D eigenvalue weighted by Gasteiger charge is 2.41. The first kappa shape index (κ1) is 15.9. The van der Waals surface area contributed by atoms with Crippen molar-refractivity contribution in [3.05, 3.63) is 47.4 Å². The number of hydrogen-bond acceptors (Lipinski definition) is 5. The third-order valence-electron chi connectivity index (χ3n) is 4.76. The van der Waals surface area contributed by atoms with E-state index in [1.54, 1.807) is 4.68 Å². The van der Waals surface area contributed by atoms with Gasteiger partial charge in [-0.2, -0.15) is 10.1 Å².